The van der Waals surface area contributed by atoms with Crippen LogP contribution < -0.4 is 16.2 Å². The summed E-state index contributed by atoms with van der Waals surface area (Å²) in [6.45, 7) is 2.25. The molecule has 0 unspecified atom stereocenters. The minimum absolute atomic E-state index is 0.115. The number of nitrogens with zero attached hydrogens (tertiary/aromatic N) is 1. The van der Waals surface area contributed by atoms with Gasteiger partial charge in [0.2, 0.25) is 10.0 Å². The van der Waals surface area contributed by atoms with E-state index in [9.17, 15) is 8.42 Å². The van der Waals surface area contributed by atoms with Crippen molar-refractivity contribution in [2.45, 2.75) is 48.8 Å². The number of aryl methyl sites for hydroxylation is 1. The first-order valence-electron chi connectivity index (χ1n) is 6.33. The molecule has 0 saturated heterocycles. The summed E-state index contributed by atoms with van der Waals surface area (Å²) in [6, 6.07) is 0. The number of hydrogen-bond donors (Lipinski definition) is 3. The highest BCUT2D eigenvalue weighted by molar-refractivity contribution is 7.91. The van der Waals surface area contributed by atoms with E-state index in [0.717, 1.165) is 37.0 Å². The average Bonchev–Trinajstić information content (AvgIpc) is 2.69. The first-order valence-corrected chi connectivity index (χ1v) is 8.69. The van der Waals surface area contributed by atoms with Gasteiger partial charge in [0, 0.05) is 12.1 Å². The molecule has 0 bridgehead atoms. The zero-order valence-electron chi connectivity index (χ0n) is 11.0. The molecule has 0 amide bonds. The maximum Gasteiger partial charge on any atom is 0.249 e. The van der Waals surface area contributed by atoms with Crippen molar-refractivity contribution in [2.24, 2.45) is 10.9 Å². The third kappa shape index (κ3) is 3.65. The molecule has 0 atom stereocenters. The van der Waals surface area contributed by atoms with Gasteiger partial charge < -0.3 is 11.1 Å². The zero-order valence-corrected chi connectivity index (χ0v) is 12.6. The molecule has 1 aliphatic carbocycles. The van der Waals surface area contributed by atoms with Crippen LogP contribution >= 0.6 is 11.3 Å². The Balaban J connectivity index is 2.04. The maximum atomic E-state index is 11.3. The Kier molecular flexibility index (Phi) is 4.14. The number of thiazole rings is 1. The molecule has 108 valence electrons. The fourth-order valence-corrected chi connectivity index (χ4v) is 4.26. The van der Waals surface area contributed by atoms with Gasteiger partial charge in [-0.2, -0.15) is 0 Å². The number of sulfonamides is 1. The monoisotopic (exact) mass is 304 g/mol. The zero-order chi connectivity index (χ0) is 14.1. The normalized spacial score (nSPS) is 19.3. The maximum absolute atomic E-state index is 11.3. The number of aromatic nitrogens is 1. The van der Waals surface area contributed by atoms with Gasteiger partial charge >= 0.3 is 0 Å². The Morgan fingerprint density at radius 3 is 2.53 bits per heavy atom. The van der Waals surface area contributed by atoms with Crippen LogP contribution in [0.2, 0.25) is 0 Å². The van der Waals surface area contributed by atoms with Crippen molar-refractivity contribution in [2.75, 3.05) is 11.9 Å². The van der Waals surface area contributed by atoms with E-state index in [0.29, 0.717) is 17.4 Å². The molecule has 5 N–H and O–H groups in total. The smallest absolute Gasteiger partial charge is 0.249 e. The molecule has 0 aliphatic heterocycles. The van der Waals surface area contributed by atoms with E-state index in [1.54, 1.807) is 6.92 Å². The number of primary sulfonamides is 1. The van der Waals surface area contributed by atoms with Gasteiger partial charge in [-0.25, -0.2) is 18.5 Å². The van der Waals surface area contributed by atoms with E-state index >= 15 is 0 Å². The Morgan fingerprint density at radius 2 is 2.00 bits per heavy atom. The van der Waals surface area contributed by atoms with Crippen LogP contribution in [0, 0.1) is 6.92 Å². The summed E-state index contributed by atoms with van der Waals surface area (Å²) >= 11 is 1.06. The molecule has 0 spiro atoms. The summed E-state index contributed by atoms with van der Waals surface area (Å²) in [5.74, 6) is 0. The Labute approximate surface area is 117 Å². The summed E-state index contributed by atoms with van der Waals surface area (Å²) < 4.78 is 22.8. The predicted octanol–water partition coefficient (Wildman–Crippen LogP) is 1.17. The molecule has 0 aromatic carbocycles. The van der Waals surface area contributed by atoms with E-state index in [2.05, 4.69) is 10.3 Å². The first-order chi connectivity index (χ1) is 8.80. The molecule has 1 aromatic heterocycles. The lowest BCUT2D eigenvalue weighted by atomic mass is 9.82. The van der Waals surface area contributed by atoms with Gasteiger partial charge in [-0.15, -0.1) is 0 Å². The molecule has 1 aliphatic rings. The number of hydrogen-bond acceptors (Lipinski definition) is 6. The van der Waals surface area contributed by atoms with Gasteiger partial charge in [-0.3, -0.25) is 0 Å². The Hall–Kier alpha value is -0.700. The van der Waals surface area contributed by atoms with E-state index in [1.165, 1.54) is 6.42 Å². The number of rotatable bonds is 4. The molecule has 6 nitrogen and oxygen atoms in total. The highest BCUT2D eigenvalue weighted by Crippen LogP contribution is 2.29. The summed E-state index contributed by atoms with van der Waals surface area (Å²) in [6.07, 6.45) is 5.53. The van der Waals surface area contributed by atoms with E-state index in [1.807, 2.05) is 0 Å². The molecular formula is C11H20N4O2S2. The number of nitrogens with two attached hydrogens (primary N) is 2. The van der Waals surface area contributed by atoms with Gasteiger partial charge in [0.05, 0.1) is 5.69 Å². The van der Waals surface area contributed by atoms with Crippen LogP contribution in [-0.2, 0) is 10.0 Å². The number of nitrogens with one attached hydrogen (secondary N) is 1. The molecule has 1 fully saturated rings. The Morgan fingerprint density at radius 1 is 1.37 bits per heavy atom. The molecule has 1 aromatic rings. The van der Waals surface area contributed by atoms with E-state index in [4.69, 9.17) is 10.9 Å². The highest BCUT2D eigenvalue weighted by atomic mass is 32.2. The van der Waals surface area contributed by atoms with Gasteiger partial charge in [-0.05, 0) is 19.8 Å². The van der Waals surface area contributed by atoms with Crippen molar-refractivity contribution in [1.82, 2.24) is 4.98 Å². The van der Waals surface area contributed by atoms with Crippen LogP contribution in [-0.4, -0.2) is 25.5 Å². The second-order valence-electron chi connectivity index (χ2n) is 5.21. The second kappa shape index (κ2) is 5.35. The van der Waals surface area contributed by atoms with Crippen LogP contribution in [0.3, 0.4) is 0 Å². The van der Waals surface area contributed by atoms with Crippen molar-refractivity contribution in [1.29, 1.82) is 0 Å². The standard InChI is InChI=1S/C11H20N4O2S2/c1-8-9(19(13,16)17)18-10(15-8)14-7-11(12)5-3-2-4-6-11/h2-7,12H2,1H3,(H,14,15)(H2,13,16,17). The Bertz CT molecular complexity index is 547. The molecule has 8 heteroatoms. The van der Waals surface area contributed by atoms with Gasteiger partial charge in [-0.1, -0.05) is 30.6 Å². The molecular weight excluding hydrogens is 284 g/mol. The van der Waals surface area contributed by atoms with E-state index < -0.39 is 10.0 Å². The van der Waals surface area contributed by atoms with Gasteiger partial charge in [0.1, 0.15) is 0 Å². The quantitative estimate of drug-likeness (QED) is 0.773. The minimum Gasteiger partial charge on any atom is -0.360 e. The third-order valence-corrected chi connectivity index (χ3v) is 6.12. The third-order valence-electron chi connectivity index (χ3n) is 3.45. The molecule has 1 saturated carbocycles. The predicted molar refractivity (Wildman–Crippen MR) is 76.7 cm³/mol. The highest BCUT2D eigenvalue weighted by Gasteiger charge is 2.27. The lowest BCUT2D eigenvalue weighted by Gasteiger charge is -2.33. The van der Waals surface area contributed by atoms with E-state index in [-0.39, 0.29) is 9.75 Å². The van der Waals surface area contributed by atoms with Gasteiger partial charge in [0.25, 0.3) is 0 Å². The average molecular weight is 304 g/mol. The first kappa shape index (κ1) is 14.7. The van der Waals surface area contributed by atoms with Crippen molar-refractivity contribution in [3.8, 4) is 0 Å². The fourth-order valence-electron chi connectivity index (χ4n) is 2.41. The summed E-state index contributed by atoms with van der Waals surface area (Å²) in [5, 5.41) is 8.84. The van der Waals surface area contributed by atoms with Crippen molar-refractivity contribution in [3.05, 3.63) is 5.69 Å². The van der Waals surface area contributed by atoms with Gasteiger partial charge in [0.15, 0.2) is 9.34 Å². The van der Waals surface area contributed by atoms with Crippen LogP contribution in [0.4, 0.5) is 5.13 Å². The van der Waals surface area contributed by atoms with Crippen molar-refractivity contribution in [3.63, 3.8) is 0 Å². The largest absolute Gasteiger partial charge is 0.360 e. The molecule has 2 rings (SSSR count). The lowest BCUT2D eigenvalue weighted by Crippen LogP contribution is -2.47. The van der Waals surface area contributed by atoms with Crippen LogP contribution in [0.5, 0.6) is 0 Å². The van der Waals surface area contributed by atoms with Crippen molar-refractivity contribution < 1.29 is 8.42 Å². The summed E-state index contributed by atoms with van der Waals surface area (Å²) in [7, 11) is -3.69. The second-order valence-corrected chi connectivity index (χ2v) is 7.97. The summed E-state index contributed by atoms with van der Waals surface area (Å²) in [5.41, 5.74) is 6.54. The number of anilines is 1. The summed E-state index contributed by atoms with van der Waals surface area (Å²) in [4.78, 5) is 4.19. The minimum atomic E-state index is -3.69. The fraction of sp³-hybridized carbons (Fsp3) is 0.727. The SMILES string of the molecule is Cc1nc(NCC2(N)CCCCC2)sc1S(N)(=O)=O. The molecule has 19 heavy (non-hydrogen) atoms. The van der Waals surface area contributed by atoms with Crippen molar-refractivity contribution >= 4 is 26.5 Å². The van der Waals surface area contributed by atoms with Crippen LogP contribution in [0.1, 0.15) is 37.8 Å². The van der Waals surface area contributed by atoms with Crippen LogP contribution in [0.25, 0.3) is 0 Å². The molecule has 1 heterocycles. The molecule has 0 radical (unpaired) electrons. The van der Waals surface area contributed by atoms with Crippen LogP contribution in [0.15, 0.2) is 4.21 Å². The topological polar surface area (TPSA) is 111 Å². The lowest BCUT2D eigenvalue weighted by molar-refractivity contribution is 0.311.